The third kappa shape index (κ3) is 4.19. The van der Waals surface area contributed by atoms with Gasteiger partial charge in [0.05, 0.1) is 4.34 Å². The number of thiophene rings is 2. The molecule has 2 rings (SSSR count). The molecule has 2 heterocycles. The molecule has 0 aliphatic carbocycles. The first-order valence-corrected chi connectivity index (χ1v) is 9.94. The van der Waals surface area contributed by atoms with Gasteiger partial charge >= 0.3 is 0 Å². The van der Waals surface area contributed by atoms with Gasteiger partial charge in [0.1, 0.15) is 9.23 Å². The first kappa shape index (κ1) is 17.2. The summed E-state index contributed by atoms with van der Waals surface area (Å²) in [5, 5.41) is 3.98. The van der Waals surface area contributed by atoms with Crippen molar-refractivity contribution < 1.29 is 8.42 Å². The van der Waals surface area contributed by atoms with E-state index in [0.717, 1.165) is 16.9 Å². The van der Waals surface area contributed by atoms with Crippen LogP contribution in [-0.4, -0.2) is 34.0 Å². The summed E-state index contributed by atoms with van der Waals surface area (Å²) in [6, 6.07) is 3.31. The molecule has 116 valence electrons. The van der Waals surface area contributed by atoms with Gasteiger partial charge in [-0.05, 0) is 42.6 Å². The fraction of sp³-hybridized carbons (Fsp3) is 0.333. The molecule has 0 saturated heterocycles. The zero-order valence-electron chi connectivity index (χ0n) is 11.3. The van der Waals surface area contributed by atoms with E-state index in [1.54, 1.807) is 11.3 Å². The van der Waals surface area contributed by atoms with Crippen LogP contribution in [0.4, 0.5) is 0 Å². The number of nitrogens with one attached hydrogen (secondary N) is 1. The second-order valence-corrected chi connectivity index (χ2v) is 9.38. The van der Waals surface area contributed by atoms with Gasteiger partial charge in [0.15, 0.2) is 0 Å². The van der Waals surface area contributed by atoms with Crippen LogP contribution in [0.5, 0.6) is 0 Å². The maximum atomic E-state index is 12.3. The van der Waals surface area contributed by atoms with Crippen LogP contribution in [0.2, 0.25) is 8.67 Å². The molecular weight excluding hydrogens is 371 g/mol. The Balaban J connectivity index is 2.15. The van der Waals surface area contributed by atoms with Gasteiger partial charge in [-0.2, -0.15) is 11.3 Å². The maximum Gasteiger partial charge on any atom is 0.243 e. The van der Waals surface area contributed by atoms with Crippen molar-refractivity contribution in [3.05, 3.63) is 37.1 Å². The van der Waals surface area contributed by atoms with Crippen LogP contribution in [-0.2, 0) is 10.0 Å². The zero-order valence-corrected chi connectivity index (χ0v) is 15.3. The molecule has 0 spiro atoms. The third-order valence-electron chi connectivity index (χ3n) is 2.93. The van der Waals surface area contributed by atoms with Gasteiger partial charge in [0.25, 0.3) is 0 Å². The van der Waals surface area contributed by atoms with E-state index >= 15 is 0 Å². The molecule has 21 heavy (non-hydrogen) atoms. The summed E-state index contributed by atoms with van der Waals surface area (Å²) in [6.45, 7) is 0.260. The first-order valence-electron chi connectivity index (χ1n) is 5.94. The highest BCUT2D eigenvalue weighted by atomic mass is 35.5. The molecule has 0 aliphatic heterocycles. The van der Waals surface area contributed by atoms with Crippen LogP contribution in [0.1, 0.15) is 11.6 Å². The lowest BCUT2D eigenvalue weighted by atomic mass is 10.1. The molecule has 0 fully saturated rings. The Morgan fingerprint density at radius 2 is 2.10 bits per heavy atom. The van der Waals surface area contributed by atoms with Crippen LogP contribution in [0.25, 0.3) is 0 Å². The summed E-state index contributed by atoms with van der Waals surface area (Å²) in [5.74, 6) is 0. The molecule has 9 heteroatoms. The number of sulfonamides is 1. The zero-order chi connectivity index (χ0) is 15.6. The minimum atomic E-state index is -3.67. The molecule has 0 bridgehead atoms. The van der Waals surface area contributed by atoms with Crippen LogP contribution < -0.4 is 4.72 Å². The van der Waals surface area contributed by atoms with E-state index in [1.165, 1.54) is 6.07 Å². The van der Waals surface area contributed by atoms with Gasteiger partial charge in [0.2, 0.25) is 10.0 Å². The van der Waals surface area contributed by atoms with E-state index in [1.807, 2.05) is 35.8 Å². The van der Waals surface area contributed by atoms with E-state index in [-0.39, 0.29) is 21.8 Å². The van der Waals surface area contributed by atoms with Crippen molar-refractivity contribution in [1.82, 2.24) is 9.62 Å². The monoisotopic (exact) mass is 384 g/mol. The molecule has 0 radical (unpaired) electrons. The number of rotatable bonds is 6. The predicted molar refractivity (Wildman–Crippen MR) is 90.3 cm³/mol. The summed E-state index contributed by atoms with van der Waals surface area (Å²) < 4.78 is 27.7. The van der Waals surface area contributed by atoms with Crippen molar-refractivity contribution in [3.63, 3.8) is 0 Å². The Bertz CT molecular complexity index is 696. The molecule has 0 aromatic carbocycles. The number of likely N-dealkylation sites (N-methyl/N-ethyl adjacent to an activating group) is 1. The highest BCUT2D eigenvalue weighted by Crippen LogP contribution is 2.34. The summed E-state index contributed by atoms with van der Waals surface area (Å²) in [4.78, 5) is 1.99. The normalized spacial score (nSPS) is 13.8. The number of nitrogens with zero attached hydrogens (tertiary/aromatic N) is 1. The highest BCUT2D eigenvalue weighted by molar-refractivity contribution is 7.89. The van der Waals surface area contributed by atoms with E-state index in [2.05, 4.69) is 4.72 Å². The standard InChI is InChI=1S/C12H14Cl2N2O2S3/c1-16(2)9(8-3-4-19-7-8)6-15-21(17,18)10-5-11(13)20-12(10)14/h3-5,7,9,15H,6H2,1-2H3. The second kappa shape index (κ2) is 6.95. The Kier molecular flexibility index (Phi) is 5.70. The molecule has 1 N–H and O–H groups in total. The molecule has 0 saturated carbocycles. The lowest BCUT2D eigenvalue weighted by molar-refractivity contribution is 0.300. The Morgan fingerprint density at radius 3 is 2.57 bits per heavy atom. The number of hydrogen-bond donors (Lipinski definition) is 1. The highest BCUT2D eigenvalue weighted by Gasteiger charge is 2.23. The average molecular weight is 385 g/mol. The van der Waals surface area contributed by atoms with Gasteiger partial charge in [-0.25, -0.2) is 13.1 Å². The minimum absolute atomic E-state index is 0.0296. The van der Waals surface area contributed by atoms with Crippen LogP contribution >= 0.6 is 45.9 Å². The first-order chi connectivity index (χ1) is 9.81. The van der Waals surface area contributed by atoms with Crippen molar-refractivity contribution >= 4 is 55.9 Å². The lowest BCUT2D eigenvalue weighted by Crippen LogP contribution is -2.34. The fourth-order valence-corrected chi connectivity index (χ4v) is 5.73. The van der Waals surface area contributed by atoms with Gasteiger partial charge in [-0.1, -0.05) is 23.2 Å². The van der Waals surface area contributed by atoms with Gasteiger partial charge < -0.3 is 4.90 Å². The van der Waals surface area contributed by atoms with E-state index in [0.29, 0.717) is 4.34 Å². The minimum Gasteiger partial charge on any atom is -0.301 e. The molecule has 1 atom stereocenters. The van der Waals surface area contributed by atoms with E-state index in [4.69, 9.17) is 23.2 Å². The summed E-state index contributed by atoms with van der Waals surface area (Å²) in [5.41, 5.74) is 1.07. The van der Waals surface area contributed by atoms with E-state index in [9.17, 15) is 8.42 Å². The number of halogens is 2. The van der Waals surface area contributed by atoms with Gasteiger partial charge in [-0.3, -0.25) is 0 Å². The quantitative estimate of drug-likeness (QED) is 0.825. The largest absolute Gasteiger partial charge is 0.301 e. The third-order valence-corrected chi connectivity index (χ3v) is 6.81. The SMILES string of the molecule is CN(C)C(CNS(=O)(=O)c1cc(Cl)sc1Cl)c1ccsc1. The average Bonchev–Trinajstić information content (AvgIpc) is 2.99. The Hall–Kier alpha value is -0.150. The fourth-order valence-electron chi connectivity index (χ4n) is 1.84. The van der Waals surface area contributed by atoms with Crippen molar-refractivity contribution in [2.75, 3.05) is 20.6 Å². The maximum absolute atomic E-state index is 12.3. The molecule has 0 amide bonds. The number of hydrogen-bond acceptors (Lipinski definition) is 5. The van der Waals surface area contributed by atoms with Crippen LogP contribution in [0.15, 0.2) is 27.8 Å². The molecule has 1 unspecified atom stereocenters. The topological polar surface area (TPSA) is 49.4 Å². The summed E-state index contributed by atoms with van der Waals surface area (Å²) in [6.07, 6.45) is 0. The molecular formula is C12H14Cl2N2O2S3. The second-order valence-electron chi connectivity index (χ2n) is 4.58. The predicted octanol–water partition coefficient (Wildman–Crippen LogP) is 3.70. The molecule has 2 aromatic heterocycles. The van der Waals surface area contributed by atoms with E-state index < -0.39 is 10.0 Å². The molecule has 2 aromatic rings. The molecule has 4 nitrogen and oxygen atoms in total. The lowest BCUT2D eigenvalue weighted by Gasteiger charge is -2.23. The van der Waals surface area contributed by atoms with Gasteiger partial charge in [-0.15, -0.1) is 11.3 Å². The summed E-state index contributed by atoms with van der Waals surface area (Å²) in [7, 11) is 0.147. The van der Waals surface area contributed by atoms with Crippen molar-refractivity contribution in [3.8, 4) is 0 Å². The summed E-state index contributed by atoms with van der Waals surface area (Å²) >= 11 is 14.3. The Morgan fingerprint density at radius 1 is 1.38 bits per heavy atom. The smallest absolute Gasteiger partial charge is 0.243 e. The van der Waals surface area contributed by atoms with Crippen LogP contribution in [0, 0.1) is 0 Å². The van der Waals surface area contributed by atoms with Crippen LogP contribution in [0.3, 0.4) is 0 Å². The Labute approximate surface area is 142 Å². The van der Waals surface area contributed by atoms with Crippen molar-refractivity contribution in [2.24, 2.45) is 0 Å². The molecule has 0 aliphatic rings. The van der Waals surface area contributed by atoms with Crippen molar-refractivity contribution in [2.45, 2.75) is 10.9 Å². The van der Waals surface area contributed by atoms with Crippen molar-refractivity contribution in [1.29, 1.82) is 0 Å². The van der Waals surface area contributed by atoms with Gasteiger partial charge in [0, 0.05) is 12.6 Å².